The van der Waals surface area contributed by atoms with E-state index in [1.165, 1.54) is 10.7 Å². The normalized spacial score (nSPS) is 10.6. The third-order valence-corrected chi connectivity index (χ3v) is 1.46. The average molecular weight is 148 g/mol. The number of aromatic hydroxyl groups is 1. The molecular weight excluding hydrogens is 142 g/mol. The van der Waals surface area contributed by atoms with Crippen molar-refractivity contribution < 1.29 is 5.11 Å². The summed E-state index contributed by atoms with van der Waals surface area (Å²) in [4.78, 5) is 0. The zero-order valence-electron chi connectivity index (χ0n) is 5.94. The van der Waals surface area contributed by atoms with Crippen molar-refractivity contribution in [3.63, 3.8) is 0 Å². The van der Waals surface area contributed by atoms with Crippen LogP contribution in [0, 0.1) is 13.0 Å². The predicted molar refractivity (Wildman–Crippen MR) is 38.2 cm³/mol. The number of aryl methyl sites for hydroxylation is 1. The molecule has 2 rings (SSSR count). The highest BCUT2D eigenvalue weighted by Gasteiger charge is 2.00. The molecule has 0 fully saturated rings. The van der Waals surface area contributed by atoms with Crippen LogP contribution < -0.4 is 0 Å². The minimum atomic E-state index is 0.0463. The van der Waals surface area contributed by atoms with Gasteiger partial charge in [0.1, 0.15) is 6.33 Å². The number of nitrogens with zero attached hydrogens (tertiary/aromatic N) is 3. The third-order valence-electron chi connectivity index (χ3n) is 1.46. The molecule has 0 bridgehead atoms. The van der Waals surface area contributed by atoms with Gasteiger partial charge in [0.05, 0.1) is 6.07 Å². The Balaban J connectivity index is 2.91. The van der Waals surface area contributed by atoms with E-state index < -0.39 is 0 Å². The highest BCUT2D eigenvalue weighted by Crippen LogP contribution is 2.12. The lowest BCUT2D eigenvalue weighted by Crippen LogP contribution is -1.85. The van der Waals surface area contributed by atoms with Gasteiger partial charge in [0.15, 0.2) is 5.65 Å². The molecule has 2 aromatic heterocycles. The van der Waals surface area contributed by atoms with Gasteiger partial charge in [-0.15, -0.1) is 10.2 Å². The number of pyridine rings is 1. The second kappa shape index (κ2) is 1.95. The van der Waals surface area contributed by atoms with Gasteiger partial charge in [-0.2, -0.15) is 0 Å². The summed E-state index contributed by atoms with van der Waals surface area (Å²) in [5.74, 6) is 0.0463. The summed E-state index contributed by atoms with van der Waals surface area (Å²) >= 11 is 0. The summed E-state index contributed by atoms with van der Waals surface area (Å²) in [7, 11) is 0. The first-order chi connectivity index (χ1) is 5.27. The molecule has 0 saturated heterocycles. The first-order valence-corrected chi connectivity index (χ1v) is 3.19. The molecule has 2 aromatic rings. The minimum Gasteiger partial charge on any atom is -0.494 e. The summed E-state index contributed by atoms with van der Waals surface area (Å²) in [6.45, 7) is 1.84. The van der Waals surface area contributed by atoms with Crippen LogP contribution in [0.25, 0.3) is 5.65 Å². The van der Waals surface area contributed by atoms with E-state index >= 15 is 0 Å². The van der Waals surface area contributed by atoms with Crippen LogP contribution in [-0.2, 0) is 0 Å². The molecular formula is C7H6N3O. The fourth-order valence-corrected chi connectivity index (χ4v) is 0.972. The zero-order valence-corrected chi connectivity index (χ0v) is 5.94. The summed E-state index contributed by atoms with van der Waals surface area (Å²) in [5, 5.41) is 16.7. The van der Waals surface area contributed by atoms with Gasteiger partial charge in [-0.05, 0) is 18.6 Å². The molecule has 0 spiro atoms. The molecule has 55 valence electrons. The molecule has 0 aliphatic heterocycles. The maximum Gasteiger partial charge on any atom is 0.206 e. The fourth-order valence-electron chi connectivity index (χ4n) is 0.972. The van der Waals surface area contributed by atoms with E-state index in [2.05, 4.69) is 16.3 Å². The molecule has 0 aliphatic rings. The van der Waals surface area contributed by atoms with E-state index in [0.29, 0.717) is 5.65 Å². The van der Waals surface area contributed by atoms with E-state index in [-0.39, 0.29) is 5.88 Å². The lowest BCUT2D eigenvalue weighted by molar-refractivity contribution is 0.444. The van der Waals surface area contributed by atoms with Crippen molar-refractivity contribution in [1.82, 2.24) is 14.6 Å². The Morgan fingerprint density at radius 3 is 3.27 bits per heavy atom. The highest BCUT2D eigenvalue weighted by molar-refractivity contribution is 5.42. The van der Waals surface area contributed by atoms with Crippen molar-refractivity contribution in [2.24, 2.45) is 0 Å². The van der Waals surface area contributed by atoms with Crippen molar-refractivity contribution in [1.29, 1.82) is 0 Å². The topological polar surface area (TPSA) is 50.4 Å². The second-order valence-corrected chi connectivity index (χ2v) is 2.34. The predicted octanol–water partition coefficient (Wildman–Crippen LogP) is 0.544. The Hall–Kier alpha value is -1.58. The molecule has 0 atom stereocenters. The molecule has 0 aliphatic carbocycles. The lowest BCUT2D eigenvalue weighted by atomic mass is 10.3. The van der Waals surface area contributed by atoms with Crippen molar-refractivity contribution in [3.8, 4) is 5.88 Å². The van der Waals surface area contributed by atoms with Crippen molar-refractivity contribution in [3.05, 3.63) is 24.0 Å². The average Bonchev–Trinajstić information content (AvgIpc) is 2.34. The molecule has 1 radical (unpaired) electrons. The van der Waals surface area contributed by atoms with Crippen LogP contribution in [0.5, 0.6) is 5.88 Å². The van der Waals surface area contributed by atoms with Crippen LogP contribution in [0.1, 0.15) is 5.56 Å². The molecule has 0 saturated carbocycles. The van der Waals surface area contributed by atoms with Gasteiger partial charge in [0.2, 0.25) is 5.88 Å². The summed E-state index contributed by atoms with van der Waals surface area (Å²) in [6.07, 6.45) is 1.45. The number of hydrogen-bond donors (Lipinski definition) is 1. The Kier molecular flexibility index (Phi) is 1.09. The van der Waals surface area contributed by atoms with E-state index in [4.69, 9.17) is 0 Å². The smallest absolute Gasteiger partial charge is 0.206 e. The molecule has 2 heterocycles. The number of hydrogen-bond acceptors (Lipinski definition) is 3. The van der Waals surface area contributed by atoms with Crippen molar-refractivity contribution in [2.45, 2.75) is 6.92 Å². The van der Waals surface area contributed by atoms with Gasteiger partial charge in [0, 0.05) is 0 Å². The Bertz CT molecular complexity index is 393. The Morgan fingerprint density at radius 1 is 1.64 bits per heavy atom. The van der Waals surface area contributed by atoms with Crippen molar-refractivity contribution in [2.75, 3.05) is 0 Å². The summed E-state index contributed by atoms with van der Waals surface area (Å²) in [6, 6.07) is 4.54. The van der Waals surface area contributed by atoms with Gasteiger partial charge >= 0.3 is 0 Å². The van der Waals surface area contributed by atoms with E-state index in [1.807, 2.05) is 6.92 Å². The maximum absolute atomic E-state index is 9.27. The SMILES string of the molecule is Cc1[c]c(O)n2cnnc2c1. The first kappa shape index (κ1) is 6.15. The van der Waals surface area contributed by atoms with E-state index in [0.717, 1.165) is 5.56 Å². The number of aromatic nitrogens is 3. The second-order valence-electron chi connectivity index (χ2n) is 2.34. The van der Waals surface area contributed by atoms with E-state index in [9.17, 15) is 5.11 Å². The maximum atomic E-state index is 9.27. The first-order valence-electron chi connectivity index (χ1n) is 3.19. The lowest BCUT2D eigenvalue weighted by Gasteiger charge is -1.96. The van der Waals surface area contributed by atoms with Gasteiger partial charge in [-0.1, -0.05) is 0 Å². The van der Waals surface area contributed by atoms with Gasteiger partial charge in [-0.25, -0.2) is 0 Å². The largest absolute Gasteiger partial charge is 0.494 e. The van der Waals surface area contributed by atoms with E-state index in [1.54, 1.807) is 6.07 Å². The molecule has 0 unspecified atom stereocenters. The molecule has 4 nitrogen and oxygen atoms in total. The van der Waals surface area contributed by atoms with Crippen LogP contribution in [-0.4, -0.2) is 19.7 Å². The zero-order chi connectivity index (χ0) is 7.84. The molecule has 11 heavy (non-hydrogen) atoms. The molecule has 4 heteroatoms. The molecule has 0 amide bonds. The summed E-state index contributed by atoms with van der Waals surface area (Å²) < 4.78 is 1.47. The van der Waals surface area contributed by atoms with Crippen LogP contribution in [0.15, 0.2) is 12.4 Å². The summed E-state index contributed by atoms with van der Waals surface area (Å²) in [5.41, 5.74) is 1.49. The van der Waals surface area contributed by atoms with Crippen molar-refractivity contribution >= 4 is 5.65 Å². The monoisotopic (exact) mass is 148 g/mol. The quantitative estimate of drug-likeness (QED) is 0.593. The van der Waals surface area contributed by atoms with Gasteiger partial charge in [0.25, 0.3) is 0 Å². The van der Waals surface area contributed by atoms with Crippen LogP contribution in [0.2, 0.25) is 0 Å². The molecule has 0 aromatic carbocycles. The Labute approximate surface area is 63.1 Å². The standard InChI is InChI=1S/C7H6N3O/c1-5-2-6-9-8-4-10(6)7(11)3-5/h2,4,11H,1H3. The fraction of sp³-hybridized carbons (Fsp3) is 0.143. The minimum absolute atomic E-state index is 0.0463. The van der Waals surface area contributed by atoms with Gasteiger partial charge < -0.3 is 5.11 Å². The number of rotatable bonds is 0. The number of fused-ring (bicyclic) bond motifs is 1. The third kappa shape index (κ3) is 0.832. The molecule has 1 N–H and O–H groups in total. The Morgan fingerprint density at radius 2 is 2.45 bits per heavy atom. The highest BCUT2D eigenvalue weighted by atomic mass is 16.3. The van der Waals surface area contributed by atoms with Crippen LogP contribution in [0.4, 0.5) is 0 Å². The van der Waals surface area contributed by atoms with Gasteiger partial charge in [-0.3, -0.25) is 4.40 Å². The van der Waals surface area contributed by atoms with Crippen LogP contribution >= 0.6 is 0 Å². The van der Waals surface area contributed by atoms with Crippen LogP contribution in [0.3, 0.4) is 0 Å².